The lowest BCUT2D eigenvalue weighted by molar-refractivity contribution is -0.145. The predicted octanol–water partition coefficient (Wildman–Crippen LogP) is 1.38. The molecule has 0 aromatic heterocycles. The number of aliphatic hydroxyl groups is 1. The molecular formula is C29H44N4O5S. The van der Waals surface area contributed by atoms with Gasteiger partial charge >= 0.3 is 0 Å². The summed E-state index contributed by atoms with van der Waals surface area (Å²) in [5.74, 6) is -1.15. The Balaban J connectivity index is 1.48. The maximum Gasteiger partial charge on any atom is 0.247 e. The summed E-state index contributed by atoms with van der Waals surface area (Å²) in [5, 5.41) is 9.28. The number of hydrogen-bond donors (Lipinski definition) is 1. The number of morpholine rings is 1. The summed E-state index contributed by atoms with van der Waals surface area (Å²) in [5.41, 5.74) is 0. The van der Waals surface area contributed by atoms with E-state index in [0.29, 0.717) is 52.4 Å². The van der Waals surface area contributed by atoms with Gasteiger partial charge in [0, 0.05) is 63.7 Å². The Kier molecular flexibility index (Phi) is 8.76. The number of amides is 3. The minimum Gasteiger partial charge on any atom is -0.396 e. The third kappa shape index (κ3) is 5.18. The largest absolute Gasteiger partial charge is 0.396 e. The smallest absolute Gasteiger partial charge is 0.247 e. The number of ether oxygens (including phenoxy) is 1. The number of aliphatic hydroxyl groups excluding tert-OH is 1. The molecule has 216 valence electrons. The SMILES string of the molecule is CCCN1CC=C[C@]2(C)S[C@]34C=CCN(CCN5CCOCC5)C(=O)C3N(CCCCCO)C(=O)[C@@H]4[C@@H]2C1=O. The van der Waals surface area contributed by atoms with Crippen LogP contribution < -0.4 is 0 Å². The summed E-state index contributed by atoms with van der Waals surface area (Å²) in [4.78, 5) is 50.7. The minimum atomic E-state index is -0.784. The van der Waals surface area contributed by atoms with Crippen LogP contribution in [0, 0.1) is 11.8 Å². The first-order valence-corrected chi connectivity index (χ1v) is 15.5. The second kappa shape index (κ2) is 11.9. The van der Waals surface area contributed by atoms with Crippen molar-refractivity contribution in [3.05, 3.63) is 24.3 Å². The summed E-state index contributed by atoms with van der Waals surface area (Å²) in [6.07, 6.45) is 11.4. The van der Waals surface area contributed by atoms with Crippen LogP contribution in [0.25, 0.3) is 0 Å². The Morgan fingerprint density at radius 2 is 1.62 bits per heavy atom. The quantitative estimate of drug-likeness (QED) is 0.319. The van der Waals surface area contributed by atoms with Gasteiger partial charge in [-0.3, -0.25) is 19.3 Å². The van der Waals surface area contributed by atoms with Crippen LogP contribution in [0.15, 0.2) is 24.3 Å². The van der Waals surface area contributed by atoms with Crippen molar-refractivity contribution < 1.29 is 24.2 Å². The number of unbranched alkanes of at least 4 members (excludes halogenated alkanes) is 2. The summed E-state index contributed by atoms with van der Waals surface area (Å²) < 4.78 is 4.14. The van der Waals surface area contributed by atoms with Crippen LogP contribution >= 0.6 is 11.8 Å². The molecule has 1 N–H and O–H groups in total. The minimum absolute atomic E-state index is 0.0133. The van der Waals surface area contributed by atoms with E-state index in [1.165, 1.54) is 0 Å². The zero-order chi connectivity index (χ0) is 27.6. The Bertz CT molecular complexity index is 1000. The summed E-state index contributed by atoms with van der Waals surface area (Å²) in [6.45, 7) is 11.0. The van der Waals surface area contributed by atoms with Gasteiger partial charge in [-0.25, -0.2) is 0 Å². The average Bonchev–Trinajstić information content (AvgIpc) is 3.20. The normalized spacial score (nSPS) is 34.8. The number of rotatable bonds is 10. The van der Waals surface area contributed by atoms with E-state index in [4.69, 9.17) is 4.74 Å². The van der Waals surface area contributed by atoms with E-state index in [9.17, 15) is 19.5 Å². The molecule has 39 heavy (non-hydrogen) atoms. The summed E-state index contributed by atoms with van der Waals surface area (Å²) in [7, 11) is 0. The molecule has 5 aliphatic rings. The van der Waals surface area contributed by atoms with Crippen LogP contribution in [0.3, 0.4) is 0 Å². The fourth-order valence-corrected chi connectivity index (χ4v) is 9.35. The van der Waals surface area contributed by atoms with E-state index >= 15 is 0 Å². The molecule has 0 bridgehead atoms. The van der Waals surface area contributed by atoms with E-state index in [1.807, 2.05) is 9.80 Å². The zero-order valence-electron chi connectivity index (χ0n) is 23.4. The molecule has 5 aliphatic heterocycles. The number of thioether (sulfide) groups is 1. The Labute approximate surface area is 236 Å². The van der Waals surface area contributed by atoms with Crippen LogP contribution in [0.2, 0.25) is 0 Å². The molecule has 3 saturated heterocycles. The van der Waals surface area contributed by atoms with E-state index in [1.54, 1.807) is 16.7 Å². The number of nitrogens with zero attached hydrogens (tertiary/aromatic N) is 4. The van der Waals surface area contributed by atoms with Crippen molar-refractivity contribution in [2.45, 2.75) is 55.1 Å². The highest BCUT2D eigenvalue weighted by atomic mass is 32.2. The fourth-order valence-electron chi connectivity index (χ4n) is 7.19. The lowest BCUT2D eigenvalue weighted by atomic mass is 9.74. The lowest BCUT2D eigenvalue weighted by Crippen LogP contribution is -2.54. The number of likely N-dealkylation sites (tertiary alicyclic amines) is 1. The van der Waals surface area contributed by atoms with Gasteiger partial charge in [0.1, 0.15) is 6.04 Å². The highest BCUT2D eigenvalue weighted by Gasteiger charge is 2.73. The van der Waals surface area contributed by atoms with Crippen LogP contribution in [0.5, 0.6) is 0 Å². The maximum atomic E-state index is 14.4. The second-order valence-corrected chi connectivity index (χ2v) is 13.4. The number of carbonyl (C=O) groups excluding carboxylic acids is 3. The molecule has 5 heterocycles. The topological polar surface area (TPSA) is 93.6 Å². The van der Waals surface area contributed by atoms with Crippen LogP contribution in [0.1, 0.15) is 39.5 Å². The van der Waals surface area contributed by atoms with Crippen LogP contribution in [0.4, 0.5) is 0 Å². The first kappa shape index (κ1) is 28.6. The standard InChI is InChI=1S/C29H44N4O5S/c1-3-11-31-12-7-9-28(2)22(25(31)35)23-26(36)33(14-5-4-6-19-34)24-27(37)32(13-8-10-29(23,24)39-28)16-15-30-17-20-38-21-18-30/h7-10,22-24,34H,3-6,11-21H2,1-2H3/t22-,23+,24?,28+,29+/m1/s1. The Hall–Kier alpha value is -1.88. The summed E-state index contributed by atoms with van der Waals surface area (Å²) in [6, 6.07) is -0.637. The number of fused-ring (bicyclic) bond motifs is 2. The van der Waals surface area contributed by atoms with E-state index < -0.39 is 27.4 Å². The number of hydrogen-bond acceptors (Lipinski definition) is 7. The van der Waals surface area contributed by atoms with E-state index in [0.717, 1.165) is 38.9 Å². The Morgan fingerprint density at radius 3 is 2.33 bits per heavy atom. The Morgan fingerprint density at radius 1 is 0.897 bits per heavy atom. The van der Waals surface area contributed by atoms with Gasteiger partial charge in [-0.1, -0.05) is 31.2 Å². The van der Waals surface area contributed by atoms with Crippen molar-refractivity contribution in [1.82, 2.24) is 19.6 Å². The average molecular weight is 561 g/mol. The molecule has 0 aromatic rings. The molecule has 9 nitrogen and oxygen atoms in total. The van der Waals surface area contributed by atoms with Gasteiger partial charge in [0.05, 0.1) is 29.8 Å². The van der Waals surface area contributed by atoms with Gasteiger partial charge in [-0.15, -0.1) is 11.8 Å². The molecule has 5 rings (SSSR count). The molecule has 3 amide bonds. The highest BCUT2D eigenvalue weighted by Crippen LogP contribution is 2.65. The summed E-state index contributed by atoms with van der Waals surface area (Å²) >= 11 is 1.65. The zero-order valence-corrected chi connectivity index (χ0v) is 24.2. The first-order chi connectivity index (χ1) is 18.9. The molecule has 0 saturated carbocycles. The number of carbonyl (C=O) groups is 3. The highest BCUT2D eigenvalue weighted by molar-refractivity contribution is 8.02. The van der Waals surface area contributed by atoms with Crippen LogP contribution in [-0.4, -0.2) is 130 Å². The lowest BCUT2D eigenvalue weighted by Gasteiger charge is -2.37. The van der Waals surface area contributed by atoms with E-state index in [2.05, 4.69) is 43.1 Å². The molecular weight excluding hydrogens is 516 g/mol. The van der Waals surface area contributed by atoms with Crippen molar-refractivity contribution in [1.29, 1.82) is 0 Å². The molecule has 0 aromatic carbocycles. The van der Waals surface area contributed by atoms with Gasteiger partial charge in [-0.2, -0.15) is 0 Å². The molecule has 5 atom stereocenters. The van der Waals surface area contributed by atoms with Gasteiger partial charge < -0.3 is 24.5 Å². The molecule has 1 unspecified atom stereocenters. The van der Waals surface area contributed by atoms with Crippen molar-refractivity contribution in [2.75, 3.05) is 72.2 Å². The first-order valence-electron chi connectivity index (χ1n) is 14.7. The molecule has 10 heteroatoms. The molecule has 3 fully saturated rings. The van der Waals surface area contributed by atoms with E-state index in [-0.39, 0.29) is 24.3 Å². The monoisotopic (exact) mass is 560 g/mol. The fraction of sp³-hybridized carbons (Fsp3) is 0.759. The second-order valence-electron chi connectivity index (χ2n) is 11.6. The maximum absolute atomic E-state index is 14.4. The van der Waals surface area contributed by atoms with Gasteiger partial charge in [0.2, 0.25) is 17.7 Å². The third-order valence-electron chi connectivity index (χ3n) is 9.06. The predicted molar refractivity (Wildman–Crippen MR) is 151 cm³/mol. The third-order valence-corrected chi connectivity index (χ3v) is 10.9. The van der Waals surface area contributed by atoms with Crippen molar-refractivity contribution in [2.24, 2.45) is 11.8 Å². The molecule has 0 aliphatic carbocycles. The van der Waals surface area contributed by atoms with Crippen molar-refractivity contribution >= 4 is 29.5 Å². The molecule has 0 radical (unpaired) electrons. The van der Waals surface area contributed by atoms with Crippen molar-refractivity contribution in [3.8, 4) is 0 Å². The van der Waals surface area contributed by atoms with Gasteiger partial charge in [-0.05, 0) is 32.6 Å². The van der Waals surface area contributed by atoms with Gasteiger partial charge in [0.15, 0.2) is 0 Å². The van der Waals surface area contributed by atoms with Gasteiger partial charge in [0.25, 0.3) is 0 Å². The molecule has 1 spiro atoms. The van der Waals surface area contributed by atoms with Crippen molar-refractivity contribution in [3.63, 3.8) is 0 Å². The van der Waals surface area contributed by atoms with Crippen LogP contribution in [-0.2, 0) is 19.1 Å².